The van der Waals surface area contributed by atoms with E-state index in [1.807, 2.05) is 12.1 Å². The number of hydrogen-bond donors (Lipinski definition) is 2. The number of rotatable bonds is 4. The van der Waals surface area contributed by atoms with Crippen LogP contribution in [0.5, 0.6) is 0 Å². The Morgan fingerprint density at radius 1 is 1.32 bits per heavy atom. The lowest BCUT2D eigenvalue weighted by Crippen LogP contribution is -2.50. The molecule has 1 unspecified atom stereocenters. The number of sulfone groups is 1. The summed E-state index contributed by atoms with van der Waals surface area (Å²) in [5.74, 6) is 0.788. The van der Waals surface area contributed by atoms with Crippen LogP contribution in [0.15, 0.2) is 29.2 Å². The van der Waals surface area contributed by atoms with Gasteiger partial charge in [-0.1, -0.05) is 18.2 Å². The molecular formula is C14H19NO3S. The summed E-state index contributed by atoms with van der Waals surface area (Å²) in [4.78, 5) is 0.374. The van der Waals surface area contributed by atoms with Crippen LogP contribution in [-0.2, 0) is 15.4 Å². The molecule has 104 valence electrons. The summed E-state index contributed by atoms with van der Waals surface area (Å²) in [6.07, 6.45) is 2.90. The summed E-state index contributed by atoms with van der Waals surface area (Å²) in [6.45, 7) is 0.793. The Balaban J connectivity index is 2.01. The normalized spacial score (nSPS) is 28.9. The summed E-state index contributed by atoms with van der Waals surface area (Å²) >= 11 is 0. The fraction of sp³-hybridized carbons (Fsp3) is 0.571. The van der Waals surface area contributed by atoms with Crippen LogP contribution in [0.1, 0.15) is 24.8 Å². The average Bonchev–Trinajstić information content (AvgIpc) is 3.23. The van der Waals surface area contributed by atoms with Gasteiger partial charge in [0.2, 0.25) is 0 Å². The summed E-state index contributed by atoms with van der Waals surface area (Å²) in [5.41, 5.74) is 0.134. The molecule has 1 saturated carbocycles. The Labute approximate surface area is 113 Å². The number of hydrogen-bond acceptors (Lipinski definition) is 4. The van der Waals surface area contributed by atoms with Crippen LogP contribution in [0, 0.1) is 5.92 Å². The third-order valence-corrected chi connectivity index (χ3v) is 6.00. The first kappa shape index (κ1) is 13.1. The molecule has 2 N–H and O–H groups in total. The highest BCUT2D eigenvalue weighted by atomic mass is 32.2. The number of fused-ring (bicyclic) bond motifs is 1. The molecule has 1 heterocycles. The minimum atomic E-state index is -3.20. The molecule has 1 aromatic rings. The molecule has 0 saturated heterocycles. The fourth-order valence-electron chi connectivity index (χ4n) is 2.75. The van der Waals surface area contributed by atoms with Crippen LogP contribution in [0.2, 0.25) is 0 Å². The van der Waals surface area contributed by atoms with Gasteiger partial charge in [0.05, 0.1) is 22.8 Å². The molecule has 1 atom stereocenters. The summed E-state index contributed by atoms with van der Waals surface area (Å²) in [6, 6.07) is 7.04. The smallest absolute Gasteiger partial charge is 0.178 e. The molecule has 3 rings (SSSR count). The van der Waals surface area contributed by atoms with Gasteiger partial charge >= 0.3 is 0 Å². The van der Waals surface area contributed by atoms with Crippen molar-refractivity contribution >= 4 is 9.84 Å². The van der Waals surface area contributed by atoms with Crippen LogP contribution in [0.4, 0.5) is 0 Å². The van der Waals surface area contributed by atoms with Crippen LogP contribution in [0.3, 0.4) is 0 Å². The highest BCUT2D eigenvalue weighted by Crippen LogP contribution is 2.38. The predicted molar refractivity (Wildman–Crippen MR) is 72.6 cm³/mol. The lowest BCUT2D eigenvalue weighted by molar-refractivity contribution is 0.150. The monoisotopic (exact) mass is 281 g/mol. The van der Waals surface area contributed by atoms with Gasteiger partial charge in [-0.05, 0) is 43.4 Å². The minimum absolute atomic E-state index is 0.0632. The van der Waals surface area contributed by atoms with E-state index in [4.69, 9.17) is 0 Å². The van der Waals surface area contributed by atoms with E-state index >= 15 is 0 Å². The van der Waals surface area contributed by atoms with Crippen LogP contribution >= 0.6 is 0 Å². The van der Waals surface area contributed by atoms with E-state index in [0.717, 1.165) is 12.1 Å². The second kappa shape index (κ2) is 4.58. The molecule has 0 aromatic heterocycles. The van der Waals surface area contributed by atoms with Crippen molar-refractivity contribution in [2.45, 2.75) is 29.7 Å². The van der Waals surface area contributed by atoms with Crippen molar-refractivity contribution in [3.8, 4) is 0 Å². The second-order valence-electron chi connectivity index (χ2n) is 5.63. The standard InChI is InChI=1S/C14H19NO3S/c16-10-14(15-9-11-5-6-11)7-8-19(17,18)13-4-2-1-3-12(13)14/h1-4,11,15-16H,5-10H2. The maximum absolute atomic E-state index is 12.1. The van der Waals surface area contributed by atoms with Gasteiger partial charge in [-0.3, -0.25) is 0 Å². The highest BCUT2D eigenvalue weighted by Gasteiger charge is 2.42. The van der Waals surface area contributed by atoms with Crippen LogP contribution in [0.25, 0.3) is 0 Å². The molecule has 0 spiro atoms. The molecule has 0 amide bonds. The Hall–Kier alpha value is -0.910. The van der Waals surface area contributed by atoms with Gasteiger partial charge in [-0.2, -0.15) is 0 Å². The third kappa shape index (κ3) is 2.30. The second-order valence-corrected chi connectivity index (χ2v) is 7.71. The third-order valence-electron chi connectivity index (χ3n) is 4.23. The Kier molecular flexibility index (Phi) is 3.15. The summed E-state index contributed by atoms with van der Waals surface area (Å²) < 4.78 is 24.2. The van der Waals surface area contributed by atoms with Gasteiger partial charge < -0.3 is 10.4 Å². The zero-order valence-electron chi connectivity index (χ0n) is 10.8. The van der Waals surface area contributed by atoms with Crippen molar-refractivity contribution in [3.05, 3.63) is 29.8 Å². The number of nitrogens with one attached hydrogen (secondary N) is 1. The van der Waals surface area contributed by atoms with Gasteiger partial charge in [0, 0.05) is 0 Å². The minimum Gasteiger partial charge on any atom is -0.394 e. The van der Waals surface area contributed by atoms with Crippen molar-refractivity contribution in [1.82, 2.24) is 5.32 Å². The Bertz CT molecular complexity index is 580. The molecule has 4 nitrogen and oxygen atoms in total. The quantitative estimate of drug-likeness (QED) is 0.866. The van der Waals surface area contributed by atoms with Gasteiger partial charge in [0.15, 0.2) is 9.84 Å². The van der Waals surface area contributed by atoms with E-state index in [2.05, 4.69) is 5.32 Å². The van der Waals surface area contributed by atoms with Gasteiger partial charge in [0.25, 0.3) is 0 Å². The lowest BCUT2D eigenvalue weighted by atomic mass is 9.87. The van der Waals surface area contributed by atoms with E-state index in [9.17, 15) is 13.5 Å². The van der Waals surface area contributed by atoms with E-state index in [1.54, 1.807) is 12.1 Å². The van der Waals surface area contributed by atoms with E-state index in [1.165, 1.54) is 12.8 Å². The molecule has 0 bridgehead atoms. The number of benzene rings is 1. The van der Waals surface area contributed by atoms with E-state index in [0.29, 0.717) is 17.2 Å². The van der Waals surface area contributed by atoms with E-state index < -0.39 is 15.4 Å². The fourth-order valence-corrected chi connectivity index (χ4v) is 4.47. The SMILES string of the molecule is O=S1(=O)CCC(CO)(NCC2CC2)c2ccccc21. The number of aliphatic hydroxyl groups excluding tert-OH is 1. The molecule has 2 aliphatic rings. The molecule has 1 fully saturated rings. The Morgan fingerprint density at radius 3 is 2.74 bits per heavy atom. The van der Waals surface area contributed by atoms with Crippen LogP contribution < -0.4 is 5.32 Å². The van der Waals surface area contributed by atoms with E-state index in [-0.39, 0.29) is 12.4 Å². The van der Waals surface area contributed by atoms with Gasteiger partial charge in [-0.25, -0.2) is 8.42 Å². The molecule has 1 aliphatic heterocycles. The zero-order valence-corrected chi connectivity index (χ0v) is 11.6. The number of aliphatic hydroxyl groups is 1. The van der Waals surface area contributed by atoms with Crippen molar-refractivity contribution in [2.75, 3.05) is 18.9 Å². The zero-order chi connectivity index (χ0) is 13.5. The first-order valence-electron chi connectivity index (χ1n) is 6.76. The first-order chi connectivity index (χ1) is 9.07. The topological polar surface area (TPSA) is 66.4 Å². The lowest BCUT2D eigenvalue weighted by Gasteiger charge is -2.38. The maximum atomic E-state index is 12.1. The molecular weight excluding hydrogens is 262 g/mol. The van der Waals surface area contributed by atoms with Crippen molar-refractivity contribution in [2.24, 2.45) is 5.92 Å². The summed E-state index contributed by atoms with van der Waals surface area (Å²) in [5, 5.41) is 13.3. The van der Waals surface area contributed by atoms with Gasteiger partial charge in [0.1, 0.15) is 0 Å². The van der Waals surface area contributed by atoms with Gasteiger partial charge in [-0.15, -0.1) is 0 Å². The maximum Gasteiger partial charge on any atom is 0.178 e. The molecule has 1 aromatic carbocycles. The van der Waals surface area contributed by atoms with Crippen LogP contribution in [-0.4, -0.2) is 32.4 Å². The van der Waals surface area contributed by atoms with Crippen molar-refractivity contribution < 1.29 is 13.5 Å². The highest BCUT2D eigenvalue weighted by molar-refractivity contribution is 7.91. The summed E-state index contributed by atoms with van der Waals surface area (Å²) in [7, 11) is -3.20. The van der Waals surface area contributed by atoms with Crippen molar-refractivity contribution in [1.29, 1.82) is 0 Å². The molecule has 0 radical (unpaired) electrons. The largest absolute Gasteiger partial charge is 0.394 e. The molecule has 1 aliphatic carbocycles. The molecule has 19 heavy (non-hydrogen) atoms. The average molecular weight is 281 g/mol. The van der Waals surface area contributed by atoms with Crippen molar-refractivity contribution in [3.63, 3.8) is 0 Å². The predicted octanol–water partition coefficient (Wildman–Crippen LogP) is 1.05. The first-order valence-corrected chi connectivity index (χ1v) is 8.41. The Morgan fingerprint density at radius 2 is 2.05 bits per heavy atom. The molecule has 5 heteroatoms.